The van der Waals surface area contributed by atoms with Gasteiger partial charge in [-0.15, -0.1) is 0 Å². The maximum absolute atomic E-state index is 13.1. The molecule has 1 aromatic carbocycles. The Bertz CT molecular complexity index is 1390. The molecule has 41 heavy (non-hydrogen) atoms. The number of fused-ring (bicyclic) bond motifs is 1. The first-order chi connectivity index (χ1) is 19.6. The Morgan fingerprint density at radius 2 is 1.95 bits per heavy atom. The maximum Gasteiger partial charge on any atom is 0.387 e. The zero-order valence-electron chi connectivity index (χ0n) is 21.9. The first-order valence-corrected chi connectivity index (χ1v) is 13.4. The summed E-state index contributed by atoms with van der Waals surface area (Å²) in [6, 6.07) is 7.11. The van der Waals surface area contributed by atoms with Crippen LogP contribution in [0.3, 0.4) is 0 Å². The van der Waals surface area contributed by atoms with Crippen LogP contribution in [0.4, 0.5) is 8.78 Å². The maximum atomic E-state index is 13.1. The van der Waals surface area contributed by atoms with E-state index in [1.165, 1.54) is 42.6 Å². The van der Waals surface area contributed by atoms with Crippen molar-refractivity contribution in [3.05, 3.63) is 87.7 Å². The van der Waals surface area contributed by atoms with Gasteiger partial charge in [-0.05, 0) is 61.1 Å². The summed E-state index contributed by atoms with van der Waals surface area (Å²) in [5.41, 5.74) is 0.761. The van der Waals surface area contributed by atoms with Crippen molar-refractivity contribution < 1.29 is 37.4 Å². The van der Waals surface area contributed by atoms with Gasteiger partial charge in [0.05, 0.1) is 12.2 Å². The zero-order chi connectivity index (χ0) is 29.7. The van der Waals surface area contributed by atoms with Gasteiger partial charge in [-0.25, -0.2) is 0 Å². The number of aromatic nitrogens is 1. The van der Waals surface area contributed by atoms with Crippen LogP contribution in [0.1, 0.15) is 58.7 Å². The van der Waals surface area contributed by atoms with Crippen LogP contribution in [0, 0.1) is 5.92 Å². The third-order valence-corrected chi connectivity index (χ3v) is 7.25. The molecule has 2 heterocycles. The lowest BCUT2D eigenvalue weighted by Gasteiger charge is -2.23. The lowest BCUT2D eigenvalue weighted by molar-refractivity contribution is -0.149. The minimum Gasteiger partial charge on any atom is -0.489 e. The van der Waals surface area contributed by atoms with Crippen LogP contribution in [0.5, 0.6) is 11.5 Å². The van der Waals surface area contributed by atoms with Gasteiger partial charge in [-0.2, -0.15) is 8.78 Å². The van der Waals surface area contributed by atoms with E-state index in [0.717, 1.165) is 17.7 Å². The second-order valence-corrected chi connectivity index (χ2v) is 10.1. The van der Waals surface area contributed by atoms with E-state index in [4.69, 9.17) is 32.7 Å². The molecule has 2 aliphatic rings. The number of allylic oxidation sites excluding steroid dienone is 4. The van der Waals surface area contributed by atoms with Gasteiger partial charge in [0, 0.05) is 22.7 Å². The normalized spacial score (nSPS) is 16.3. The molecule has 1 fully saturated rings. The summed E-state index contributed by atoms with van der Waals surface area (Å²) in [5.74, 6) is -2.14. The van der Waals surface area contributed by atoms with Crippen molar-refractivity contribution in [3.63, 3.8) is 0 Å². The number of nitrogens with zero attached hydrogens (tertiary/aromatic N) is 2. The van der Waals surface area contributed by atoms with Crippen molar-refractivity contribution in [3.8, 4) is 11.5 Å². The highest BCUT2D eigenvalue weighted by Crippen LogP contribution is 2.39. The number of esters is 1. The van der Waals surface area contributed by atoms with E-state index in [-0.39, 0.29) is 39.2 Å². The Labute approximate surface area is 245 Å². The molecular formula is C29H26Cl2F2N2O6. The third-order valence-electron chi connectivity index (χ3n) is 6.42. The number of alkyl halides is 2. The number of hydrogen-bond acceptors (Lipinski definition) is 7. The van der Waals surface area contributed by atoms with Crippen molar-refractivity contribution >= 4 is 41.0 Å². The predicted octanol–water partition coefficient (Wildman–Crippen LogP) is 6.56. The molecule has 1 aliphatic heterocycles. The highest BCUT2D eigenvalue weighted by atomic mass is 35.5. The van der Waals surface area contributed by atoms with Crippen LogP contribution in [0.2, 0.25) is 0 Å². The minimum absolute atomic E-state index is 0.0413. The first kappa shape index (κ1) is 30.2. The van der Waals surface area contributed by atoms with Gasteiger partial charge in [-0.3, -0.25) is 24.3 Å². The van der Waals surface area contributed by atoms with Crippen LogP contribution in [0.25, 0.3) is 0 Å². The summed E-state index contributed by atoms with van der Waals surface area (Å²) in [6.07, 6.45) is 5.13. The number of pyridine rings is 1. The molecule has 0 radical (unpaired) electrons. The fourth-order valence-corrected chi connectivity index (χ4v) is 4.53. The quantitative estimate of drug-likeness (QED) is 0.145. The standard InChI is InChI=1S/C29H26Cl2F2N2O6/c1-3-20(30)19(21(31)4-2)13-23(17-9-10-22(41-29(32)33)24(12-17)39-15-16-7-8-16)40-25(36)14-35-27(37)18-6-5-11-34-26(18)28(35)38/h3-6,9-12,16,23,29H,1,7-8,13-15H2,2H3/b20-19+,21-4+/t23-/m0/s1. The van der Waals surface area contributed by atoms with Gasteiger partial charge in [0.15, 0.2) is 11.5 Å². The molecule has 0 spiro atoms. The summed E-state index contributed by atoms with van der Waals surface area (Å²) < 4.78 is 42.3. The van der Waals surface area contributed by atoms with Crippen molar-refractivity contribution in [2.45, 2.75) is 38.9 Å². The van der Waals surface area contributed by atoms with E-state index < -0.39 is 37.0 Å². The largest absolute Gasteiger partial charge is 0.489 e. The highest BCUT2D eigenvalue weighted by molar-refractivity contribution is 6.36. The summed E-state index contributed by atoms with van der Waals surface area (Å²) >= 11 is 12.8. The van der Waals surface area contributed by atoms with Crippen LogP contribution in [-0.2, 0) is 9.53 Å². The second kappa shape index (κ2) is 13.3. The van der Waals surface area contributed by atoms with E-state index in [1.807, 2.05) is 0 Å². The highest BCUT2D eigenvalue weighted by Gasteiger charge is 2.38. The number of rotatable bonds is 13. The number of carbonyl (C=O) groups is 3. The Hall–Kier alpha value is -3.76. The smallest absolute Gasteiger partial charge is 0.387 e. The molecule has 0 bridgehead atoms. The van der Waals surface area contributed by atoms with E-state index in [1.54, 1.807) is 13.0 Å². The fourth-order valence-electron chi connectivity index (χ4n) is 4.13. The third kappa shape index (κ3) is 7.31. The van der Waals surface area contributed by atoms with Crippen LogP contribution in [-0.4, -0.2) is 47.4 Å². The van der Waals surface area contributed by atoms with Gasteiger partial charge in [0.25, 0.3) is 11.8 Å². The molecular weight excluding hydrogens is 581 g/mol. The molecule has 4 rings (SSSR count). The summed E-state index contributed by atoms with van der Waals surface area (Å²) in [5, 5.41) is 0.466. The van der Waals surface area contributed by atoms with Gasteiger partial charge in [-0.1, -0.05) is 48.0 Å². The summed E-state index contributed by atoms with van der Waals surface area (Å²) in [7, 11) is 0. The van der Waals surface area contributed by atoms with Crippen molar-refractivity contribution in [2.75, 3.05) is 13.2 Å². The summed E-state index contributed by atoms with van der Waals surface area (Å²) in [6.45, 7) is 1.89. The fraction of sp³-hybridized carbons (Fsp3) is 0.310. The number of amides is 2. The number of halogens is 4. The van der Waals surface area contributed by atoms with Gasteiger partial charge < -0.3 is 14.2 Å². The number of benzene rings is 1. The molecule has 0 N–H and O–H groups in total. The number of carbonyl (C=O) groups excluding carboxylic acids is 3. The molecule has 1 aromatic heterocycles. The van der Waals surface area contributed by atoms with E-state index in [0.29, 0.717) is 23.7 Å². The Morgan fingerprint density at radius 1 is 1.20 bits per heavy atom. The lowest BCUT2D eigenvalue weighted by atomic mass is 9.99. The molecule has 12 heteroatoms. The van der Waals surface area contributed by atoms with E-state index >= 15 is 0 Å². The average Bonchev–Trinajstić information content (AvgIpc) is 3.77. The summed E-state index contributed by atoms with van der Waals surface area (Å²) in [4.78, 5) is 43.3. The zero-order valence-corrected chi connectivity index (χ0v) is 23.5. The second-order valence-electron chi connectivity index (χ2n) is 9.28. The van der Waals surface area contributed by atoms with Crippen LogP contribution >= 0.6 is 23.2 Å². The molecule has 2 amide bonds. The monoisotopic (exact) mass is 606 g/mol. The van der Waals surface area contributed by atoms with Crippen molar-refractivity contribution in [1.82, 2.24) is 9.88 Å². The van der Waals surface area contributed by atoms with Crippen LogP contribution < -0.4 is 9.47 Å². The topological polar surface area (TPSA) is 95.0 Å². The molecule has 0 unspecified atom stereocenters. The minimum atomic E-state index is -3.08. The molecule has 1 aliphatic carbocycles. The van der Waals surface area contributed by atoms with Crippen molar-refractivity contribution in [2.24, 2.45) is 5.92 Å². The molecule has 2 aromatic rings. The lowest BCUT2D eigenvalue weighted by Crippen LogP contribution is -2.36. The van der Waals surface area contributed by atoms with Crippen LogP contribution in [0.15, 0.2) is 70.9 Å². The number of hydrogen-bond donors (Lipinski definition) is 0. The average molecular weight is 607 g/mol. The molecule has 216 valence electrons. The van der Waals surface area contributed by atoms with E-state index in [9.17, 15) is 23.2 Å². The van der Waals surface area contributed by atoms with Gasteiger partial charge in [0.2, 0.25) is 0 Å². The Balaban J connectivity index is 1.64. The van der Waals surface area contributed by atoms with E-state index in [2.05, 4.69) is 16.3 Å². The predicted molar refractivity (Wildman–Crippen MR) is 147 cm³/mol. The van der Waals surface area contributed by atoms with Crippen molar-refractivity contribution in [1.29, 1.82) is 0 Å². The Morgan fingerprint density at radius 3 is 2.59 bits per heavy atom. The van der Waals surface area contributed by atoms with Gasteiger partial charge >= 0.3 is 12.6 Å². The number of ether oxygens (including phenoxy) is 3. The molecule has 0 saturated heterocycles. The number of imide groups is 1. The molecule has 1 saturated carbocycles. The molecule has 1 atom stereocenters. The first-order valence-electron chi connectivity index (χ1n) is 12.7. The SMILES string of the molecule is C=C/C(Cl)=C(C[C@H](OC(=O)CN1C(=O)c2cccnc2C1=O)c1ccc(OC(F)F)c(OCC2CC2)c1)\C(Cl)=C/C. The van der Waals surface area contributed by atoms with Gasteiger partial charge in [0.1, 0.15) is 18.3 Å². The Kier molecular flexibility index (Phi) is 9.77. The molecule has 8 nitrogen and oxygen atoms in total.